The summed E-state index contributed by atoms with van der Waals surface area (Å²) in [6, 6.07) is 3.91. The van der Waals surface area contributed by atoms with Gasteiger partial charge in [0.2, 0.25) is 0 Å². The molecule has 2 rings (SSSR count). The molecule has 0 aliphatic heterocycles. The highest BCUT2D eigenvalue weighted by atomic mass is 32.1. The molecular formula is C11H12N2OS2. The summed E-state index contributed by atoms with van der Waals surface area (Å²) in [7, 11) is 0. The van der Waals surface area contributed by atoms with Gasteiger partial charge in [-0.2, -0.15) is 0 Å². The van der Waals surface area contributed by atoms with Crippen LogP contribution in [-0.4, -0.2) is 14.8 Å². The predicted octanol–water partition coefficient (Wildman–Crippen LogP) is 2.65. The second-order valence-corrected chi connectivity index (χ2v) is 5.18. The maximum absolute atomic E-state index is 11.3. The molecule has 2 aromatic heterocycles. The van der Waals surface area contributed by atoms with Gasteiger partial charge in [0.1, 0.15) is 0 Å². The van der Waals surface area contributed by atoms with Crippen molar-refractivity contribution in [2.75, 3.05) is 0 Å². The van der Waals surface area contributed by atoms with Gasteiger partial charge in [0.25, 0.3) is 0 Å². The highest BCUT2D eigenvalue weighted by Gasteiger charge is 2.16. The molecule has 0 bridgehead atoms. The van der Waals surface area contributed by atoms with Crippen molar-refractivity contribution in [1.29, 1.82) is 0 Å². The van der Waals surface area contributed by atoms with Crippen molar-refractivity contribution in [3.05, 3.63) is 44.3 Å². The van der Waals surface area contributed by atoms with Gasteiger partial charge in [-0.25, -0.2) is 4.79 Å². The van der Waals surface area contributed by atoms with E-state index in [1.54, 1.807) is 11.3 Å². The molecule has 2 aromatic rings. The number of hydrogen-bond donors (Lipinski definition) is 2. The Morgan fingerprint density at radius 1 is 1.44 bits per heavy atom. The van der Waals surface area contributed by atoms with Crippen LogP contribution in [0.4, 0.5) is 0 Å². The van der Waals surface area contributed by atoms with Crippen LogP contribution in [0.1, 0.15) is 36.0 Å². The van der Waals surface area contributed by atoms with Crippen LogP contribution in [0, 0.1) is 0 Å². The third-order valence-electron chi connectivity index (χ3n) is 2.31. The molecule has 0 unspecified atom stereocenters. The van der Waals surface area contributed by atoms with E-state index in [-0.39, 0.29) is 11.6 Å². The van der Waals surface area contributed by atoms with Crippen molar-refractivity contribution in [2.24, 2.45) is 0 Å². The fraction of sp³-hybridized carbons (Fsp3) is 0.273. The molecule has 0 fully saturated rings. The Labute approximate surface area is 103 Å². The Morgan fingerprint density at radius 3 is 2.75 bits per heavy atom. The summed E-state index contributed by atoms with van der Waals surface area (Å²) in [6.07, 6.45) is 0. The average Bonchev–Trinajstić information content (AvgIpc) is 2.84. The largest absolute Gasteiger partial charge is 0.323 e. The molecule has 0 amide bonds. The first-order valence-electron chi connectivity index (χ1n) is 5.00. The number of thiophene rings is 1. The van der Waals surface area contributed by atoms with Crippen LogP contribution >= 0.6 is 23.6 Å². The molecule has 0 radical (unpaired) electrons. The number of aromatic nitrogens is 2. The van der Waals surface area contributed by atoms with Gasteiger partial charge in [0.15, 0.2) is 0 Å². The number of thiocarbonyl (C=S) groups is 1. The second-order valence-electron chi connectivity index (χ2n) is 3.83. The van der Waals surface area contributed by atoms with E-state index in [1.165, 1.54) is 0 Å². The molecule has 0 aromatic carbocycles. The molecule has 0 saturated heterocycles. The molecule has 2 N–H and O–H groups in total. The van der Waals surface area contributed by atoms with Crippen molar-refractivity contribution in [3.63, 3.8) is 0 Å². The Bertz CT molecular complexity index is 549. The molecule has 16 heavy (non-hydrogen) atoms. The molecule has 0 aliphatic rings. The summed E-state index contributed by atoms with van der Waals surface area (Å²) < 4.78 is 0. The van der Waals surface area contributed by atoms with E-state index >= 15 is 0 Å². The Kier molecular flexibility index (Phi) is 3.07. The summed E-state index contributed by atoms with van der Waals surface area (Å²) in [6.45, 7) is 4.05. The van der Waals surface area contributed by atoms with E-state index in [2.05, 4.69) is 9.97 Å². The zero-order valence-corrected chi connectivity index (χ0v) is 10.7. The number of nitrogens with one attached hydrogen (secondary N) is 2. The summed E-state index contributed by atoms with van der Waals surface area (Å²) in [5.74, 6) is 0.242. The molecule has 3 nitrogen and oxygen atoms in total. The van der Waals surface area contributed by atoms with Gasteiger partial charge in [-0.15, -0.1) is 11.3 Å². The van der Waals surface area contributed by atoms with Gasteiger partial charge >= 0.3 is 5.69 Å². The van der Waals surface area contributed by atoms with Crippen LogP contribution in [-0.2, 0) is 0 Å². The lowest BCUT2D eigenvalue weighted by Crippen LogP contribution is -2.04. The van der Waals surface area contributed by atoms with Crippen LogP contribution in [0.5, 0.6) is 0 Å². The van der Waals surface area contributed by atoms with Gasteiger partial charge < -0.3 is 9.97 Å². The molecule has 0 atom stereocenters. The predicted molar refractivity (Wildman–Crippen MR) is 70.6 cm³/mol. The lowest BCUT2D eigenvalue weighted by Gasteiger charge is -2.05. The smallest absolute Gasteiger partial charge is 0.309 e. The van der Waals surface area contributed by atoms with Gasteiger partial charge in [-0.05, 0) is 17.4 Å². The Morgan fingerprint density at radius 2 is 2.19 bits per heavy atom. The molecule has 84 valence electrons. The third kappa shape index (κ3) is 2.01. The normalized spacial score (nSPS) is 10.9. The number of imidazole rings is 1. The number of aromatic amines is 2. The van der Waals surface area contributed by atoms with Crippen LogP contribution in [0.3, 0.4) is 0 Å². The number of H-pyrrole nitrogens is 2. The fourth-order valence-electron chi connectivity index (χ4n) is 1.54. The van der Waals surface area contributed by atoms with E-state index < -0.39 is 0 Å². The lowest BCUT2D eigenvalue weighted by molar-refractivity contribution is 0.827. The minimum Gasteiger partial charge on any atom is -0.309 e. The molecular weight excluding hydrogens is 240 g/mol. The fourth-order valence-corrected chi connectivity index (χ4v) is 2.58. The van der Waals surface area contributed by atoms with E-state index in [0.717, 1.165) is 16.3 Å². The van der Waals surface area contributed by atoms with E-state index in [0.29, 0.717) is 4.86 Å². The van der Waals surface area contributed by atoms with Crippen molar-refractivity contribution in [1.82, 2.24) is 9.97 Å². The monoisotopic (exact) mass is 252 g/mol. The first-order chi connectivity index (χ1) is 7.59. The average molecular weight is 252 g/mol. The van der Waals surface area contributed by atoms with Gasteiger partial charge in [0.05, 0.1) is 10.6 Å². The Balaban J connectivity index is 2.48. The first-order valence-corrected chi connectivity index (χ1v) is 6.28. The van der Waals surface area contributed by atoms with Crippen molar-refractivity contribution < 1.29 is 0 Å². The highest BCUT2D eigenvalue weighted by Crippen LogP contribution is 2.20. The Hall–Kier alpha value is -1.20. The summed E-state index contributed by atoms with van der Waals surface area (Å²) >= 11 is 6.96. The number of hydrogen-bond acceptors (Lipinski definition) is 3. The second kappa shape index (κ2) is 4.35. The van der Waals surface area contributed by atoms with Crippen molar-refractivity contribution >= 4 is 28.4 Å². The SMILES string of the molecule is CC(C)c1[nH]c(=O)[nH]c1C(=S)c1cccs1. The van der Waals surface area contributed by atoms with Gasteiger partial charge in [-0.3, -0.25) is 0 Å². The summed E-state index contributed by atoms with van der Waals surface area (Å²) in [5.41, 5.74) is 1.43. The maximum Gasteiger partial charge on any atom is 0.323 e. The van der Waals surface area contributed by atoms with E-state index in [4.69, 9.17) is 12.2 Å². The minimum absolute atomic E-state index is 0.197. The molecule has 0 aliphatic carbocycles. The van der Waals surface area contributed by atoms with Crippen LogP contribution < -0.4 is 5.69 Å². The van der Waals surface area contributed by atoms with E-state index in [1.807, 2.05) is 31.4 Å². The van der Waals surface area contributed by atoms with Crippen LogP contribution in [0.15, 0.2) is 22.3 Å². The standard InChI is InChI=1S/C11H12N2OS2/c1-6(2)8-9(13-11(14)12-8)10(15)7-4-3-5-16-7/h3-6H,1-2H3,(H2,12,13,14). The van der Waals surface area contributed by atoms with E-state index in [9.17, 15) is 4.79 Å². The van der Waals surface area contributed by atoms with Crippen molar-refractivity contribution in [3.8, 4) is 0 Å². The van der Waals surface area contributed by atoms with Crippen LogP contribution in [0.2, 0.25) is 0 Å². The maximum atomic E-state index is 11.3. The topological polar surface area (TPSA) is 48.6 Å². The highest BCUT2D eigenvalue weighted by molar-refractivity contribution is 7.81. The van der Waals surface area contributed by atoms with Crippen molar-refractivity contribution in [2.45, 2.75) is 19.8 Å². The lowest BCUT2D eigenvalue weighted by atomic mass is 10.1. The molecule has 2 heterocycles. The summed E-state index contributed by atoms with van der Waals surface area (Å²) in [5, 5.41) is 1.97. The quantitative estimate of drug-likeness (QED) is 0.651. The van der Waals surface area contributed by atoms with Gasteiger partial charge in [-0.1, -0.05) is 32.1 Å². The zero-order valence-electron chi connectivity index (χ0n) is 9.03. The molecule has 0 saturated carbocycles. The minimum atomic E-state index is -0.197. The molecule has 0 spiro atoms. The zero-order chi connectivity index (χ0) is 11.7. The summed E-state index contributed by atoms with van der Waals surface area (Å²) in [4.78, 5) is 18.6. The number of rotatable bonds is 3. The van der Waals surface area contributed by atoms with Crippen LogP contribution in [0.25, 0.3) is 0 Å². The first kappa shape index (κ1) is 11.3. The van der Waals surface area contributed by atoms with Gasteiger partial charge in [0, 0.05) is 10.6 Å². The molecule has 5 heteroatoms. The third-order valence-corrected chi connectivity index (χ3v) is 3.75.